The Labute approximate surface area is 120 Å². The van der Waals surface area contributed by atoms with Crippen LogP contribution in [0.1, 0.15) is 25.0 Å². The lowest BCUT2D eigenvalue weighted by Crippen LogP contribution is -2.38. The van der Waals surface area contributed by atoms with E-state index in [-0.39, 0.29) is 11.7 Å². The SMILES string of the molecule is CCN(CC)C(=O)CN(C)Cc1cc(F)ccc1CN. The van der Waals surface area contributed by atoms with Crippen molar-refractivity contribution in [1.82, 2.24) is 9.80 Å². The van der Waals surface area contributed by atoms with Crippen molar-refractivity contribution in [1.29, 1.82) is 0 Å². The highest BCUT2D eigenvalue weighted by atomic mass is 19.1. The highest BCUT2D eigenvalue weighted by Gasteiger charge is 2.13. The van der Waals surface area contributed by atoms with Crippen LogP contribution in [0.25, 0.3) is 0 Å². The van der Waals surface area contributed by atoms with Crippen LogP contribution in [0.4, 0.5) is 4.39 Å². The third kappa shape index (κ3) is 4.58. The van der Waals surface area contributed by atoms with E-state index in [1.807, 2.05) is 25.8 Å². The third-order valence-corrected chi connectivity index (χ3v) is 3.35. The van der Waals surface area contributed by atoms with Gasteiger partial charge in [-0.1, -0.05) is 6.07 Å². The Hall–Kier alpha value is -1.46. The number of rotatable bonds is 7. The molecule has 0 bridgehead atoms. The van der Waals surface area contributed by atoms with Gasteiger partial charge in [0.05, 0.1) is 6.54 Å². The topological polar surface area (TPSA) is 49.6 Å². The van der Waals surface area contributed by atoms with E-state index in [0.29, 0.717) is 32.7 Å². The summed E-state index contributed by atoms with van der Waals surface area (Å²) in [5.74, 6) is -0.191. The molecule has 1 aromatic rings. The molecular weight excluding hydrogens is 257 g/mol. The summed E-state index contributed by atoms with van der Waals surface area (Å²) in [6.07, 6.45) is 0. The zero-order valence-corrected chi connectivity index (χ0v) is 12.5. The van der Waals surface area contributed by atoms with Crippen molar-refractivity contribution < 1.29 is 9.18 Å². The third-order valence-electron chi connectivity index (χ3n) is 3.35. The first kappa shape index (κ1) is 16.6. The Bertz CT molecular complexity index is 447. The van der Waals surface area contributed by atoms with Gasteiger partial charge in [0.25, 0.3) is 0 Å². The summed E-state index contributed by atoms with van der Waals surface area (Å²) in [5, 5.41) is 0. The Morgan fingerprint density at radius 1 is 1.25 bits per heavy atom. The van der Waals surface area contributed by atoms with Crippen molar-refractivity contribution in [2.75, 3.05) is 26.7 Å². The number of hydrogen-bond donors (Lipinski definition) is 1. The zero-order chi connectivity index (χ0) is 15.1. The first-order chi connectivity index (χ1) is 9.51. The minimum absolute atomic E-state index is 0.0863. The molecule has 0 radical (unpaired) electrons. The largest absolute Gasteiger partial charge is 0.342 e. The number of carbonyl (C=O) groups excluding carboxylic acids is 1. The lowest BCUT2D eigenvalue weighted by molar-refractivity contribution is -0.131. The summed E-state index contributed by atoms with van der Waals surface area (Å²) in [6.45, 7) is 6.53. The smallest absolute Gasteiger partial charge is 0.236 e. The number of amides is 1. The Morgan fingerprint density at radius 3 is 2.45 bits per heavy atom. The number of nitrogens with two attached hydrogens (primary N) is 1. The van der Waals surface area contributed by atoms with Crippen LogP contribution in [0, 0.1) is 5.82 Å². The molecule has 1 rings (SSSR count). The molecule has 0 saturated carbocycles. The van der Waals surface area contributed by atoms with E-state index in [0.717, 1.165) is 11.1 Å². The molecule has 0 heterocycles. The molecule has 0 atom stereocenters. The van der Waals surface area contributed by atoms with Crippen LogP contribution in [-0.2, 0) is 17.9 Å². The van der Waals surface area contributed by atoms with Gasteiger partial charge < -0.3 is 10.6 Å². The molecule has 0 fully saturated rings. The summed E-state index contributed by atoms with van der Waals surface area (Å²) in [4.78, 5) is 15.7. The number of likely N-dealkylation sites (N-methyl/N-ethyl adjacent to an activating group) is 2. The Morgan fingerprint density at radius 2 is 1.90 bits per heavy atom. The summed E-state index contributed by atoms with van der Waals surface area (Å²) in [6, 6.07) is 4.60. The maximum Gasteiger partial charge on any atom is 0.236 e. The quantitative estimate of drug-likeness (QED) is 0.825. The van der Waals surface area contributed by atoms with E-state index in [9.17, 15) is 9.18 Å². The second kappa shape index (κ2) is 7.97. The van der Waals surface area contributed by atoms with Crippen LogP contribution in [-0.4, -0.2) is 42.4 Å². The average molecular weight is 281 g/mol. The van der Waals surface area contributed by atoms with Crippen molar-refractivity contribution in [3.05, 3.63) is 35.1 Å². The number of hydrogen-bond acceptors (Lipinski definition) is 3. The molecule has 20 heavy (non-hydrogen) atoms. The van der Waals surface area contributed by atoms with Crippen LogP contribution >= 0.6 is 0 Å². The van der Waals surface area contributed by atoms with Gasteiger partial charge >= 0.3 is 0 Å². The molecule has 112 valence electrons. The van der Waals surface area contributed by atoms with Gasteiger partial charge in [0.2, 0.25) is 5.91 Å². The highest BCUT2D eigenvalue weighted by molar-refractivity contribution is 5.78. The van der Waals surface area contributed by atoms with Gasteiger partial charge in [-0.15, -0.1) is 0 Å². The average Bonchev–Trinajstić information content (AvgIpc) is 2.40. The predicted octanol–water partition coefficient (Wildman–Crippen LogP) is 1.58. The maximum atomic E-state index is 13.3. The van der Waals surface area contributed by atoms with Gasteiger partial charge in [0.1, 0.15) is 5.82 Å². The van der Waals surface area contributed by atoms with Crippen molar-refractivity contribution in [3.63, 3.8) is 0 Å². The minimum atomic E-state index is -0.277. The van der Waals surface area contributed by atoms with Gasteiger partial charge in [0.15, 0.2) is 0 Å². The molecule has 0 aliphatic heterocycles. The number of carbonyl (C=O) groups is 1. The van der Waals surface area contributed by atoms with E-state index in [1.165, 1.54) is 12.1 Å². The van der Waals surface area contributed by atoms with Gasteiger partial charge in [0, 0.05) is 26.2 Å². The number of halogens is 1. The molecule has 0 aromatic heterocycles. The van der Waals surface area contributed by atoms with Crippen LogP contribution < -0.4 is 5.73 Å². The fraction of sp³-hybridized carbons (Fsp3) is 0.533. The Kier molecular flexibility index (Phi) is 6.61. The normalized spacial score (nSPS) is 10.9. The minimum Gasteiger partial charge on any atom is -0.342 e. The molecule has 1 amide bonds. The molecule has 0 unspecified atom stereocenters. The molecule has 0 saturated heterocycles. The Balaban J connectivity index is 2.68. The lowest BCUT2D eigenvalue weighted by Gasteiger charge is -2.23. The summed E-state index contributed by atoms with van der Waals surface area (Å²) >= 11 is 0. The predicted molar refractivity (Wildman–Crippen MR) is 78.6 cm³/mol. The first-order valence-corrected chi connectivity index (χ1v) is 6.95. The van der Waals surface area contributed by atoms with Crippen LogP contribution in [0.15, 0.2) is 18.2 Å². The van der Waals surface area contributed by atoms with Crippen LogP contribution in [0.5, 0.6) is 0 Å². The van der Waals surface area contributed by atoms with E-state index in [4.69, 9.17) is 5.73 Å². The number of nitrogens with zero attached hydrogens (tertiary/aromatic N) is 2. The molecule has 0 aliphatic rings. The van der Waals surface area contributed by atoms with Crippen molar-refractivity contribution >= 4 is 5.91 Å². The summed E-state index contributed by atoms with van der Waals surface area (Å²) in [7, 11) is 1.85. The van der Waals surface area contributed by atoms with Gasteiger partial charge in [-0.3, -0.25) is 9.69 Å². The summed E-state index contributed by atoms with van der Waals surface area (Å²) < 4.78 is 13.3. The zero-order valence-electron chi connectivity index (χ0n) is 12.5. The molecule has 4 nitrogen and oxygen atoms in total. The summed E-state index contributed by atoms with van der Waals surface area (Å²) in [5.41, 5.74) is 7.40. The second-order valence-corrected chi connectivity index (χ2v) is 4.86. The first-order valence-electron chi connectivity index (χ1n) is 6.95. The van der Waals surface area contributed by atoms with Crippen LogP contribution in [0.2, 0.25) is 0 Å². The van der Waals surface area contributed by atoms with E-state index < -0.39 is 0 Å². The monoisotopic (exact) mass is 281 g/mol. The molecule has 1 aromatic carbocycles. The fourth-order valence-electron chi connectivity index (χ4n) is 2.19. The van der Waals surface area contributed by atoms with Crippen molar-refractivity contribution in [2.24, 2.45) is 5.73 Å². The lowest BCUT2D eigenvalue weighted by atomic mass is 10.1. The molecule has 0 aliphatic carbocycles. The second-order valence-electron chi connectivity index (χ2n) is 4.86. The van der Waals surface area contributed by atoms with E-state index >= 15 is 0 Å². The fourth-order valence-corrected chi connectivity index (χ4v) is 2.19. The molecule has 2 N–H and O–H groups in total. The van der Waals surface area contributed by atoms with Gasteiger partial charge in [-0.25, -0.2) is 4.39 Å². The molecule has 5 heteroatoms. The standard InChI is InChI=1S/C15H24FN3O/c1-4-19(5-2)15(20)11-18(3)10-13-8-14(16)7-6-12(13)9-17/h6-8H,4-5,9-11,17H2,1-3H3. The van der Waals surface area contributed by atoms with E-state index in [2.05, 4.69) is 0 Å². The number of benzene rings is 1. The maximum absolute atomic E-state index is 13.3. The highest BCUT2D eigenvalue weighted by Crippen LogP contribution is 2.13. The van der Waals surface area contributed by atoms with Gasteiger partial charge in [-0.2, -0.15) is 0 Å². The van der Waals surface area contributed by atoms with Gasteiger partial charge in [-0.05, 0) is 44.2 Å². The van der Waals surface area contributed by atoms with E-state index in [1.54, 1.807) is 11.0 Å². The molecule has 0 spiro atoms. The van der Waals surface area contributed by atoms with Crippen LogP contribution in [0.3, 0.4) is 0 Å². The van der Waals surface area contributed by atoms with Crippen molar-refractivity contribution in [2.45, 2.75) is 26.9 Å². The van der Waals surface area contributed by atoms with Crippen molar-refractivity contribution in [3.8, 4) is 0 Å². The molecular formula is C15H24FN3O.